The maximum Gasteiger partial charge on any atom is 0.317 e. The van der Waals surface area contributed by atoms with Crippen molar-refractivity contribution in [3.63, 3.8) is 0 Å². The lowest BCUT2D eigenvalue weighted by Crippen LogP contribution is -2.46. The first-order valence-electron chi connectivity index (χ1n) is 8.03. The summed E-state index contributed by atoms with van der Waals surface area (Å²) in [6.07, 6.45) is 1.55. The number of morpholine rings is 1. The lowest BCUT2D eigenvalue weighted by molar-refractivity contribution is -0.0679. The van der Waals surface area contributed by atoms with Crippen LogP contribution in [0.3, 0.4) is 0 Å². The van der Waals surface area contributed by atoms with E-state index in [9.17, 15) is 4.79 Å². The summed E-state index contributed by atoms with van der Waals surface area (Å²) >= 11 is 5.08. The van der Waals surface area contributed by atoms with Crippen molar-refractivity contribution >= 4 is 33.3 Å². The maximum absolute atomic E-state index is 12.1. The Morgan fingerprint density at radius 3 is 2.78 bits per heavy atom. The number of hydrogen-bond acceptors (Lipinski definition) is 4. The second kappa shape index (κ2) is 9.01. The van der Waals surface area contributed by atoms with Crippen molar-refractivity contribution < 1.29 is 9.53 Å². The van der Waals surface area contributed by atoms with Crippen molar-refractivity contribution in [2.45, 2.75) is 39.0 Å². The van der Waals surface area contributed by atoms with Gasteiger partial charge in [0.15, 0.2) is 0 Å². The Morgan fingerprint density at radius 1 is 1.48 bits per heavy atom. The highest BCUT2D eigenvalue weighted by atomic mass is 79.9. The lowest BCUT2D eigenvalue weighted by Gasteiger charge is -2.35. The van der Waals surface area contributed by atoms with Gasteiger partial charge >= 0.3 is 6.03 Å². The molecule has 7 heteroatoms. The summed E-state index contributed by atoms with van der Waals surface area (Å²) in [5, 5.41) is 5.06. The van der Waals surface area contributed by atoms with Gasteiger partial charge in [-0.2, -0.15) is 0 Å². The van der Waals surface area contributed by atoms with Crippen LogP contribution in [0.25, 0.3) is 0 Å². The van der Waals surface area contributed by atoms with E-state index < -0.39 is 0 Å². The highest BCUT2D eigenvalue weighted by molar-refractivity contribution is 9.11. The number of amides is 2. The van der Waals surface area contributed by atoms with E-state index in [1.54, 1.807) is 16.2 Å². The van der Waals surface area contributed by atoms with E-state index in [4.69, 9.17) is 4.74 Å². The number of rotatable bonds is 6. The van der Waals surface area contributed by atoms with Crippen LogP contribution >= 0.6 is 27.3 Å². The van der Waals surface area contributed by atoms with Gasteiger partial charge in [0, 0.05) is 39.8 Å². The predicted molar refractivity (Wildman–Crippen MR) is 98.0 cm³/mol. The van der Waals surface area contributed by atoms with Gasteiger partial charge in [0.25, 0.3) is 0 Å². The fourth-order valence-electron chi connectivity index (χ4n) is 2.87. The first kappa shape index (κ1) is 18.7. The highest BCUT2D eigenvalue weighted by Gasteiger charge is 2.21. The Balaban J connectivity index is 1.62. The standard InChI is InChI=1S/C16H26BrN3O2S/c1-12-8-20(9-13(2)22-12)6-4-5-18-16(21)19(3)10-14-7-15(17)23-11-14/h7,11-13H,4-6,8-10H2,1-3H3,(H,18,21)/t12-,13-/m0/s1. The molecule has 130 valence electrons. The average molecular weight is 404 g/mol. The van der Waals surface area contributed by atoms with E-state index in [1.165, 1.54) is 0 Å². The Labute approximate surface area is 151 Å². The molecular formula is C16H26BrN3O2S. The SMILES string of the molecule is C[C@H]1CN(CCCNC(=O)N(C)Cc2csc(Br)c2)C[C@H](C)O1. The van der Waals surface area contributed by atoms with Gasteiger partial charge in [-0.25, -0.2) is 4.79 Å². The number of carbonyl (C=O) groups is 1. The molecule has 5 nitrogen and oxygen atoms in total. The lowest BCUT2D eigenvalue weighted by atomic mass is 10.2. The number of carbonyl (C=O) groups excluding carboxylic acids is 1. The van der Waals surface area contributed by atoms with Crippen molar-refractivity contribution in [3.05, 3.63) is 20.8 Å². The summed E-state index contributed by atoms with van der Waals surface area (Å²) in [6, 6.07) is 2.03. The minimum atomic E-state index is -0.0176. The van der Waals surface area contributed by atoms with Crippen molar-refractivity contribution in [1.82, 2.24) is 15.1 Å². The van der Waals surface area contributed by atoms with Gasteiger partial charge in [0.05, 0.1) is 16.0 Å². The van der Waals surface area contributed by atoms with E-state index in [2.05, 4.69) is 51.4 Å². The molecule has 2 amide bonds. The van der Waals surface area contributed by atoms with E-state index in [0.29, 0.717) is 25.3 Å². The molecule has 2 atom stereocenters. The molecule has 1 saturated heterocycles. The minimum absolute atomic E-state index is 0.0176. The topological polar surface area (TPSA) is 44.8 Å². The monoisotopic (exact) mass is 403 g/mol. The summed E-state index contributed by atoms with van der Waals surface area (Å²) in [7, 11) is 1.83. The zero-order chi connectivity index (χ0) is 16.8. The first-order valence-corrected chi connectivity index (χ1v) is 9.71. The summed E-state index contributed by atoms with van der Waals surface area (Å²) in [4.78, 5) is 16.2. The van der Waals surface area contributed by atoms with Gasteiger partial charge in [-0.3, -0.25) is 4.90 Å². The Hall–Kier alpha value is -0.630. The van der Waals surface area contributed by atoms with Crippen LogP contribution in [-0.2, 0) is 11.3 Å². The predicted octanol–water partition coefficient (Wildman–Crippen LogP) is 3.15. The number of ether oxygens (including phenoxy) is 1. The molecule has 1 fully saturated rings. The fraction of sp³-hybridized carbons (Fsp3) is 0.688. The molecule has 0 unspecified atom stereocenters. The van der Waals surface area contributed by atoms with Gasteiger partial charge in [0.1, 0.15) is 0 Å². The summed E-state index contributed by atoms with van der Waals surface area (Å²) in [6.45, 7) is 8.52. The normalized spacial score (nSPS) is 22.1. The molecule has 1 aliphatic heterocycles. The molecule has 2 heterocycles. The van der Waals surface area contributed by atoms with Crippen LogP contribution in [0.2, 0.25) is 0 Å². The molecule has 1 N–H and O–H groups in total. The van der Waals surface area contributed by atoms with Crippen LogP contribution in [0.15, 0.2) is 15.2 Å². The van der Waals surface area contributed by atoms with Gasteiger partial charge < -0.3 is 15.0 Å². The summed E-state index contributed by atoms with van der Waals surface area (Å²) < 4.78 is 6.82. The second-order valence-corrected chi connectivity index (χ2v) is 8.51. The van der Waals surface area contributed by atoms with Crippen molar-refractivity contribution in [1.29, 1.82) is 0 Å². The quantitative estimate of drug-likeness (QED) is 0.741. The largest absolute Gasteiger partial charge is 0.373 e. The number of nitrogens with one attached hydrogen (secondary N) is 1. The molecule has 1 aliphatic rings. The van der Waals surface area contributed by atoms with Crippen molar-refractivity contribution in [2.75, 3.05) is 33.2 Å². The van der Waals surface area contributed by atoms with Crippen LogP contribution in [0.4, 0.5) is 4.79 Å². The van der Waals surface area contributed by atoms with Crippen LogP contribution in [0, 0.1) is 0 Å². The Morgan fingerprint density at radius 2 is 2.17 bits per heavy atom. The van der Waals surface area contributed by atoms with Gasteiger partial charge in [0.2, 0.25) is 0 Å². The zero-order valence-electron chi connectivity index (χ0n) is 14.0. The molecule has 0 saturated carbocycles. The van der Waals surface area contributed by atoms with Crippen LogP contribution < -0.4 is 5.32 Å². The van der Waals surface area contributed by atoms with E-state index in [-0.39, 0.29) is 6.03 Å². The number of nitrogens with zero attached hydrogens (tertiary/aromatic N) is 2. The first-order chi connectivity index (χ1) is 10.9. The van der Waals surface area contributed by atoms with E-state index >= 15 is 0 Å². The van der Waals surface area contributed by atoms with Gasteiger partial charge in [-0.1, -0.05) is 0 Å². The number of hydrogen-bond donors (Lipinski definition) is 1. The number of halogens is 1. The Kier molecular flexibility index (Phi) is 7.33. The molecular weight excluding hydrogens is 378 g/mol. The van der Waals surface area contributed by atoms with Crippen molar-refractivity contribution in [2.24, 2.45) is 0 Å². The molecule has 0 radical (unpaired) electrons. The third kappa shape index (κ3) is 6.41. The van der Waals surface area contributed by atoms with Gasteiger partial charge in [-0.15, -0.1) is 11.3 Å². The molecule has 0 aromatic carbocycles. The molecule has 1 aromatic rings. The number of thiophene rings is 1. The second-order valence-electron chi connectivity index (χ2n) is 6.22. The van der Waals surface area contributed by atoms with Crippen LogP contribution in [-0.4, -0.2) is 61.3 Å². The minimum Gasteiger partial charge on any atom is -0.373 e. The van der Waals surface area contributed by atoms with E-state index in [0.717, 1.165) is 35.4 Å². The molecule has 0 aliphatic carbocycles. The maximum atomic E-state index is 12.1. The fourth-order valence-corrected chi connectivity index (χ4v) is 4.07. The van der Waals surface area contributed by atoms with E-state index in [1.807, 2.05) is 7.05 Å². The summed E-state index contributed by atoms with van der Waals surface area (Å²) in [5.74, 6) is 0. The summed E-state index contributed by atoms with van der Waals surface area (Å²) in [5.41, 5.74) is 1.15. The highest BCUT2D eigenvalue weighted by Crippen LogP contribution is 2.21. The molecule has 1 aromatic heterocycles. The molecule has 0 spiro atoms. The van der Waals surface area contributed by atoms with Crippen LogP contribution in [0.1, 0.15) is 25.8 Å². The third-order valence-electron chi connectivity index (χ3n) is 3.81. The molecule has 0 bridgehead atoms. The third-order valence-corrected chi connectivity index (χ3v) is 5.36. The van der Waals surface area contributed by atoms with Crippen LogP contribution in [0.5, 0.6) is 0 Å². The van der Waals surface area contributed by atoms with Gasteiger partial charge in [-0.05, 0) is 53.2 Å². The van der Waals surface area contributed by atoms with Crippen molar-refractivity contribution in [3.8, 4) is 0 Å². The molecule has 2 rings (SSSR count). The smallest absolute Gasteiger partial charge is 0.317 e. The average Bonchev–Trinajstić information content (AvgIpc) is 2.87. The molecule has 23 heavy (non-hydrogen) atoms. The number of urea groups is 1. The zero-order valence-corrected chi connectivity index (χ0v) is 16.5. The Bertz CT molecular complexity index is 501.